The van der Waals surface area contributed by atoms with Gasteiger partial charge in [-0.15, -0.1) is 9.05 Å². The largest absolute Gasteiger partial charge is 0.507 e. The van der Waals surface area contributed by atoms with Crippen molar-refractivity contribution in [2.24, 2.45) is 0 Å². The Kier molecular flexibility index (Phi) is 10.6. The van der Waals surface area contributed by atoms with Gasteiger partial charge in [-0.2, -0.15) is 0 Å². The Morgan fingerprint density at radius 2 is 1.10 bits per heavy atom. The molecule has 0 aromatic carbocycles. The third kappa shape index (κ3) is 11.7. The monoisotopic (exact) mass is 372 g/mol. The van der Waals surface area contributed by atoms with Crippen molar-refractivity contribution in [1.29, 1.82) is 0 Å². The van der Waals surface area contributed by atoms with Gasteiger partial charge in [-0.05, 0) is 49.2 Å². The van der Waals surface area contributed by atoms with E-state index >= 15 is 0 Å². The zero-order valence-corrected chi connectivity index (χ0v) is 18.0. The van der Waals surface area contributed by atoms with Gasteiger partial charge >= 0.3 is 16.1 Å². The van der Waals surface area contributed by atoms with Crippen molar-refractivity contribution < 1.29 is 22.3 Å². The fraction of sp³-hybridized carbons (Fsp3) is 1.00. The van der Waals surface area contributed by atoms with Crippen LogP contribution in [0.3, 0.4) is 0 Å². The molecule has 124 valence electrons. The molecule has 0 fully saturated rings. The Morgan fingerprint density at radius 1 is 0.762 bits per heavy atom. The van der Waals surface area contributed by atoms with Crippen LogP contribution in [0.1, 0.15) is 13.8 Å². The van der Waals surface area contributed by atoms with Crippen molar-refractivity contribution in [1.82, 2.24) is 0 Å². The highest BCUT2D eigenvalue weighted by molar-refractivity contribution is 7.39. The highest BCUT2D eigenvalue weighted by Crippen LogP contribution is 2.31. The summed E-state index contributed by atoms with van der Waals surface area (Å²) in [7, 11) is -6.83. The molecule has 0 saturated carbocycles. The van der Waals surface area contributed by atoms with E-state index in [4.69, 9.17) is 13.2 Å². The van der Waals surface area contributed by atoms with E-state index < -0.39 is 32.7 Å². The molecule has 2 atom stereocenters. The Bertz CT molecular complexity index is 319. The van der Waals surface area contributed by atoms with Crippen LogP contribution in [0.25, 0.3) is 0 Å². The molecular weight excluding hydrogens is 342 g/mol. The number of hydrogen-bond acceptors (Lipinski definition) is 5. The third-order valence-electron chi connectivity index (χ3n) is 2.89. The van der Waals surface area contributed by atoms with Gasteiger partial charge in [0.2, 0.25) is 0 Å². The molecule has 21 heavy (non-hydrogen) atoms. The lowest BCUT2D eigenvalue weighted by atomic mass is 10.9. The molecule has 0 saturated heterocycles. The van der Waals surface area contributed by atoms with Gasteiger partial charge in [0.1, 0.15) is 0 Å². The topological polar surface area (TPSA) is 61.8 Å². The molecule has 0 heterocycles. The van der Waals surface area contributed by atoms with Gasteiger partial charge in [0.15, 0.2) is 29.0 Å². The summed E-state index contributed by atoms with van der Waals surface area (Å²) in [5.74, 6) is 0. The molecule has 0 amide bonds. The Morgan fingerprint density at radius 3 is 1.38 bits per heavy atom. The summed E-state index contributed by atoms with van der Waals surface area (Å²) in [6, 6.07) is 1.66. The zero-order chi connectivity index (χ0) is 16.5. The maximum Gasteiger partial charge on any atom is 0.507 e. The summed E-state index contributed by atoms with van der Waals surface area (Å²) in [6.45, 7) is 13.3. The molecule has 0 rings (SSSR count). The van der Waals surface area contributed by atoms with Crippen molar-refractivity contribution in [2.45, 2.75) is 52.1 Å². The SMILES string of the molecule is CCO[P+](=O)CC[Si](C)(C)O[Si](C)(C)CC[P+](=O)OCC. The smallest absolute Gasteiger partial charge is 0.455 e. The second kappa shape index (κ2) is 10.3. The van der Waals surface area contributed by atoms with Crippen LogP contribution in [-0.4, -0.2) is 42.2 Å². The standard InChI is InChI=1S/C12H30O5P2Si2/c1-7-15-18(13)9-11-20(3,4)17-21(5,6)12-10-19(14)16-8-2/h7-12H2,1-6H3/q+2. The first-order chi connectivity index (χ1) is 9.62. The van der Waals surface area contributed by atoms with Crippen molar-refractivity contribution in [3.63, 3.8) is 0 Å². The first-order valence-electron chi connectivity index (χ1n) is 7.47. The predicted molar refractivity (Wildman–Crippen MR) is 93.9 cm³/mol. The van der Waals surface area contributed by atoms with Crippen LogP contribution in [0.2, 0.25) is 38.3 Å². The van der Waals surface area contributed by atoms with Crippen LogP contribution in [0.15, 0.2) is 0 Å². The summed E-state index contributed by atoms with van der Waals surface area (Å²) in [5.41, 5.74) is 0. The highest BCUT2D eigenvalue weighted by atomic mass is 31.1. The van der Waals surface area contributed by atoms with Gasteiger partial charge in [-0.25, -0.2) is 0 Å². The van der Waals surface area contributed by atoms with E-state index in [0.717, 1.165) is 12.1 Å². The molecule has 0 aliphatic heterocycles. The fourth-order valence-corrected chi connectivity index (χ4v) is 15.4. The molecule has 0 aliphatic rings. The average molecular weight is 372 g/mol. The van der Waals surface area contributed by atoms with Gasteiger partial charge in [-0.3, -0.25) is 0 Å². The Labute approximate surface area is 133 Å². The second-order valence-electron chi connectivity index (χ2n) is 6.07. The number of hydrogen-bond donors (Lipinski definition) is 0. The Hall–Kier alpha value is 0.514. The minimum absolute atomic E-state index is 0.489. The van der Waals surface area contributed by atoms with Crippen molar-refractivity contribution >= 4 is 32.7 Å². The van der Waals surface area contributed by atoms with Gasteiger partial charge in [0, 0.05) is 12.1 Å². The molecule has 9 heteroatoms. The lowest BCUT2D eigenvalue weighted by Gasteiger charge is -2.32. The van der Waals surface area contributed by atoms with Crippen molar-refractivity contribution in [2.75, 3.05) is 25.5 Å². The third-order valence-corrected chi connectivity index (χ3v) is 13.3. The maximum atomic E-state index is 11.6. The van der Waals surface area contributed by atoms with Crippen molar-refractivity contribution in [3.05, 3.63) is 0 Å². The van der Waals surface area contributed by atoms with E-state index in [1.165, 1.54) is 0 Å². The minimum atomic E-state index is -1.86. The maximum absolute atomic E-state index is 11.6. The van der Waals surface area contributed by atoms with E-state index in [1.807, 2.05) is 13.8 Å². The quantitative estimate of drug-likeness (QED) is 0.357. The molecule has 0 aromatic rings. The molecule has 5 nitrogen and oxygen atoms in total. The molecule has 0 aromatic heterocycles. The predicted octanol–water partition coefficient (Wildman–Crippen LogP) is 4.97. The van der Waals surface area contributed by atoms with Crippen molar-refractivity contribution in [3.8, 4) is 0 Å². The first-order valence-corrected chi connectivity index (χ1v) is 16.4. The van der Waals surface area contributed by atoms with Crippen LogP contribution in [-0.2, 0) is 22.3 Å². The number of rotatable bonds is 12. The fourth-order valence-electron chi connectivity index (χ4n) is 1.99. The van der Waals surface area contributed by atoms with Crippen LogP contribution >= 0.6 is 16.1 Å². The molecule has 2 unspecified atom stereocenters. The molecule has 0 bridgehead atoms. The van der Waals surface area contributed by atoms with Gasteiger partial charge in [0.25, 0.3) is 0 Å². The second-order valence-corrected chi connectivity index (χ2v) is 17.7. The molecule has 0 radical (unpaired) electrons. The lowest BCUT2D eigenvalue weighted by molar-refractivity contribution is 0.350. The van der Waals surface area contributed by atoms with E-state index in [9.17, 15) is 9.13 Å². The van der Waals surface area contributed by atoms with Crippen LogP contribution in [0, 0.1) is 0 Å². The van der Waals surface area contributed by atoms with Crippen LogP contribution in [0.4, 0.5) is 0 Å². The zero-order valence-electron chi connectivity index (χ0n) is 14.2. The minimum Gasteiger partial charge on any atom is -0.455 e. The highest BCUT2D eigenvalue weighted by Gasteiger charge is 2.37. The van der Waals surface area contributed by atoms with E-state index in [2.05, 4.69) is 26.2 Å². The average Bonchev–Trinajstić information content (AvgIpc) is 2.34. The molecule has 0 N–H and O–H groups in total. The van der Waals surface area contributed by atoms with E-state index in [-0.39, 0.29) is 0 Å². The van der Waals surface area contributed by atoms with Gasteiger partial charge in [0.05, 0.1) is 13.2 Å². The van der Waals surface area contributed by atoms with Crippen LogP contribution in [0.5, 0.6) is 0 Å². The summed E-state index contributed by atoms with van der Waals surface area (Å²) < 4.78 is 39.8. The molecule has 0 spiro atoms. The normalized spacial score (nSPS) is 14.2. The first kappa shape index (κ1) is 21.5. The van der Waals surface area contributed by atoms with E-state index in [1.54, 1.807) is 0 Å². The van der Waals surface area contributed by atoms with Gasteiger partial charge < -0.3 is 4.12 Å². The summed E-state index contributed by atoms with van der Waals surface area (Å²) in [5, 5.41) is 0. The molecular formula is C12H30O5P2Si2+2. The summed E-state index contributed by atoms with van der Waals surface area (Å²) >= 11 is 0. The van der Waals surface area contributed by atoms with Crippen LogP contribution < -0.4 is 0 Å². The van der Waals surface area contributed by atoms with E-state index in [0.29, 0.717) is 25.5 Å². The lowest BCUT2D eigenvalue weighted by Crippen LogP contribution is -2.44. The molecule has 0 aliphatic carbocycles. The summed E-state index contributed by atoms with van der Waals surface area (Å²) in [4.78, 5) is 0. The Balaban J connectivity index is 4.26. The van der Waals surface area contributed by atoms with Gasteiger partial charge in [-0.1, -0.05) is 0 Å². The summed E-state index contributed by atoms with van der Waals surface area (Å²) in [6.07, 6.45) is 1.14.